The highest BCUT2D eigenvalue weighted by atomic mass is 16.5. The third-order valence-corrected chi connectivity index (χ3v) is 3.35. The van der Waals surface area contributed by atoms with Gasteiger partial charge in [0.2, 0.25) is 0 Å². The van der Waals surface area contributed by atoms with Gasteiger partial charge in [0.25, 0.3) is 0 Å². The van der Waals surface area contributed by atoms with E-state index in [9.17, 15) is 9.90 Å². The summed E-state index contributed by atoms with van der Waals surface area (Å²) < 4.78 is 5.04. The third-order valence-electron chi connectivity index (χ3n) is 3.35. The Hall–Kier alpha value is -1.08. The van der Waals surface area contributed by atoms with Gasteiger partial charge < -0.3 is 9.84 Å². The van der Waals surface area contributed by atoms with Crippen LogP contribution in [0.25, 0.3) is 0 Å². The van der Waals surface area contributed by atoms with Crippen molar-refractivity contribution >= 4 is 5.97 Å². The van der Waals surface area contributed by atoms with Crippen molar-refractivity contribution in [1.82, 2.24) is 0 Å². The van der Waals surface area contributed by atoms with Crippen LogP contribution in [-0.4, -0.2) is 23.8 Å². The van der Waals surface area contributed by atoms with E-state index in [4.69, 9.17) is 10.00 Å². The summed E-state index contributed by atoms with van der Waals surface area (Å²) in [6.45, 7) is 2.07. The number of nitriles is 1. The molecule has 0 aliphatic heterocycles. The van der Waals surface area contributed by atoms with Gasteiger partial charge in [-0.1, -0.05) is 12.8 Å². The molecule has 0 radical (unpaired) electrons. The van der Waals surface area contributed by atoms with E-state index >= 15 is 0 Å². The summed E-state index contributed by atoms with van der Waals surface area (Å²) >= 11 is 0. The molecule has 4 heteroatoms. The Labute approximate surface area is 96.2 Å². The number of nitrogens with zero attached hydrogens (tertiary/aromatic N) is 1. The molecule has 0 unspecified atom stereocenters. The SMILES string of the molecule is CCOC(=O)[C@@]1(CCC#N)CCCC[C@@H]1O. The van der Waals surface area contributed by atoms with E-state index in [0.29, 0.717) is 25.9 Å². The molecule has 1 saturated carbocycles. The molecule has 0 spiro atoms. The molecule has 1 rings (SSSR count). The van der Waals surface area contributed by atoms with Crippen molar-refractivity contribution in [2.45, 2.75) is 51.6 Å². The fourth-order valence-electron chi connectivity index (χ4n) is 2.41. The summed E-state index contributed by atoms with van der Waals surface area (Å²) in [4.78, 5) is 11.9. The first-order valence-corrected chi connectivity index (χ1v) is 5.89. The van der Waals surface area contributed by atoms with E-state index in [1.54, 1.807) is 6.92 Å². The largest absolute Gasteiger partial charge is 0.465 e. The van der Waals surface area contributed by atoms with Gasteiger partial charge in [-0.05, 0) is 26.2 Å². The minimum absolute atomic E-state index is 0.288. The number of hydrogen-bond donors (Lipinski definition) is 1. The lowest BCUT2D eigenvalue weighted by Gasteiger charge is -2.38. The molecule has 0 saturated heterocycles. The van der Waals surface area contributed by atoms with Gasteiger partial charge in [-0.25, -0.2) is 0 Å². The summed E-state index contributed by atoms with van der Waals surface area (Å²) in [6.07, 6.45) is 3.16. The predicted octanol–water partition coefficient (Wildman–Crippen LogP) is 1.77. The van der Waals surface area contributed by atoms with E-state index in [-0.39, 0.29) is 12.4 Å². The highest BCUT2D eigenvalue weighted by Gasteiger charge is 2.47. The number of hydrogen-bond acceptors (Lipinski definition) is 4. The smallest absolute Gasteiger partial charge is 0.314 e. The number of rotatable bonds is 4. The second kappa shape index (κ2) is 5.86. The molecule has 0 bridgehead atoms. The topological polar surface area (TPSA) is 70.3 Å². The summed E-state index contributed by atoms with van der Waals surface area (Å²) in [7, 11) is 0. The molecule has 0 aromatic carbocycles. The zero-order valence-corrected chi connectivity index (χ0v) is 9.74. The summed E-state index contributed by atoms with van der Waals surface area (Å²) in [6, 6.07) is 2.04. The first-order valence-electron chi connectivity index (χ1n) is 5.89. The Morgan fingerprint density at radius 3 is 2.94 bits per heavy atom. The Balaban J connectivity index is 2.81. The molecule has 1 N–H and O–H groups in total. The zero-order chi connectivity index (χ0) is 12.0. The third kappa shape index (κ3) is 2.53. The highest BCUT2D eigenvalue weighted by molar-refractivity contribution is 5.77. The van der Waals surface area contributed by atoms with Gasteiger partial charge in [0, 0.05) is 6.42 Å². The minimum Gasteiger partial charge on any atom is -0.465 e. The van der Waals surface area contributed by atoms with Crippen LogP contribution in [0.15, 0.2) is 0 Å². The first-order chi connectivity index (χ1) is 7.67. The molecule has 16 heavy (non-hydrogen) atoms. The maximum absolute atomic E-state index is 11.9. The molecule has 1 aliphatic carbocycles. The Morgan fingerprint density at radius 2 is 2.38 bits per heavy atom. The van der Waals surface area contributed by atoms with E-state index < -0.39 is 11.5 Å². The van der Waals surface area contributed by atoms with Gasteiger partial charge in [0.15, 0.2) is 0 Å². The molecule has 1 aliphatic rings. The maximum Gasteiger partial charge on any atom is 0.314 e. The number of aliphatic hydroxyl groups excluding tert-OH is 1. The standard InChI is InChI=1S/C12H19NO3/c1-2-16-11(15)12(8-5-9-13)7-4-3-6-10(12)14/h10,14H,2-8H2,1H3/t10-,12+/m0/s1. The van der Waals surface area contributed by atoms with Gasteiger partial charge in [-0.3, -0.25) is 4.79 Å². The van der Waals surface area contributed by atoms with Crippen LogP contribution in [0.5, 0.6) is 0 Å². The van der Waals surface area contributed by atoms with Crippen molar-refractivity contribution < 1.29 is 14.6 Å². The predicted molar refractivity (Wildman–Crippen MR) is 58.4 cm³/mol. The van der Waals surface area contributed by atoms with Crippen molar-refractivity contribution in [3.05, 3.63) is 0 Å². The molecule has 0 aromatic heterocycles. The lowest BCUT2D eigenvalue weighted by Crippen LogP contribution is -2.45. The summed E-state index contributed by atoms with van der Waals surface area (Å²) in [5.74, 6) is -0.336. The quantitative estimate of drug-likeness (QED) is 0.740. The van der Waals surface area contributed by atoms with Crippen molar-refractivity contribution in [1.29, 1.82) is 5.26 Å². The lowest BCUT2D eigenvalue weighted by molar-refractivity contribution is -0.167. The molecule has 1 fully saturated rings. The molecule has 0 heterocycles. The maximum atomic E-state index is 11.9. The van der Waals surface area contributed by atoms with Crippen LogP contribution in [-0.2, 0) is 9.53 Å². The van der Waals surface area contributed by atoms with Crippen LogP contribution in [0, 0.1) is 16.7 Å². The van der Waals surface area contributed by atoms with Crippen LogP contribution in [0.2, 0.25) is 0 Å². The fourth-order valence-corrected chi connectivity index (χ4v) is 2.41. The molecular weight excluding hydrogens is 206 g/mol. The van der Waals surface area contributed by atoms with Crippen LogP contribution in [0.3, 0.4) is 0 Å². The molecule has 2 atom stereocenters. The second-order valence-electron chi connectivity index (χ2n) is 4.30. The van der Waals surface area contributed by atoms with Crippen molar-refractivity contribution in [2.24, 2.45) is 5.41 Å². The number of carbonyl (C=O) groups is 1. The molecule has 0 amide bonds. The second-order valence-corrected chi connectivity index (χ2v) is 4.30. The van der Waals surface area contributed by atoms with Crippen molar-refractivity contribution in [2.75, 3.05) is 6.61 Å². The summed E-state index contributed by atoms with van der Waals surface area (Å²) in [5, 5.41) is 18.7. The number of esters is 1. The van der Waals surface area contributed by atoms with Crippen LogP contribution in [0.1, 0.15) is 45.4 Å². The van der Waals surface area contributed by atoms with Gasteiger partial charge in [0.05, 0.1) is 24.2 Å². The van der Waals surface area contributed by atoms with E-state index in [1.807, 2.05) is 6.07 Å². The van der Waals surface area contributed by atoms with Crippen LogP contribution in [0.4, 0.5) is 0 Å². The van der Waals surface area contributed by atoms with Gasteiger partial charge in [-0.15, -0.1) is 0 Å². The highest BCUT2D eigenvalue weighted by Crippen LogP contribution is 2.41. The Kier molecular flexibility index (Phi) is 4.75. The average molecular weight is 225 g/mol. The monoisotopic (exact) mass is 225 g/mol. The number of ether oxygens (including phenoxy) is 1. The van der Waals surface area contributed by atoms with Crippen LogP contribution < -0.4 is 0 Å². The Morgan fingerprint density at radius 1 is 1.62 bits per heavy atom. The minimum atomic E-state index is -0.829. The number of aliphatic hydroxyl groups is 1. The molecule has 4 nitrogen and oxygen atoms in total. The van der Waals surface area contributed by atoms with Gasteiger partial charge in [-0.2, -0.15) is 5.26 Å². The Bertz CT molecular complexity index is 284. The van der Waals surface area contributed by atoms with E-state index in [2.05, 4.69) is 0 Å². The summed E-state index contributed by atoms with van der Waals surface area (Å²) in [5.41, 5.74) is -0.829. The van der Waals surface area contributed by atoms with Gasteiger partial charge in [0.1, 0.15) is 0 Å². The normalized spacial score (nSPS) is 29.4. The number of carbonyl (C=O) groups excluding carboxylic acids is 1. The van der Waals surface area contributed by atoms with Crippen LogP contribution >= 0.6 is 0 Å². The molecular formula is C12H19NO3. The lowest BCUT2D eigenvalue weighted by atomic mass is 9.69. The van der Waals surface area contributed by atoms with Gasteiger partial charge >= 0.3 is 5.97 Å². The fraction of sp³-hybridized carbons (Fsp3) is 0.833. The zero-order valence-electron chi connectivity index (χ0n) is 9.74. The van der Waals surface area contributed by atoms with Crippen molar-refractivity contribution in [3.63, 3.8) is 0 Å². The first kappa shape index (κ1) is 13.0. The molecule has 90 valence electrons. The van der Waals surface area contributed by atoms with Crippen molar-refractivity contribution in [3.8, 4) is 6.07 Å². The van der Waals surface area contributed by atoms with E-state index in [0.717, 1.165) is 12.8 Å². The molecule has 0 aromatic rings. The van der Waals surface area contributed by atoms with E-state index in [1.165, 1.54) is 0 Å². The average Bonchev–Trinajstić information content (AvgIpc) is 2.28.